The van der Waals surface area contributed by atoms with Crippen molar-refractivity contribution in [2.75, 3.05) is 12.0 Å². The molecule has 6 heteroatoms. The number of rotatable bonds is 5. The molecule has 0 fully saturated rings. The van der Waals surface area contributed by atoms with Gasteiger partial charge in [-0.2, -0.15) is 10.2 Å². The Labute approximate surface area is 117 Å². The quantitative estimate of drug-likeness (QED) is 0.515. The van der Waals surface area contributed by atoms with E-state index < -0.39 is 5.97 Å². The Hall–Kier alpha value is -2.63. The molecular formula is C14H16N4O2. The van der Waals surface area contributed by atoms with Crippen molar-refractivity contribution >= 4 is 17.4 Å². The molecule has 1 N–H and O–H groups in total. The molecule has 0 aliphatic heterocycles. The predicted octanol–water partition coefficient (Wildman–Crippen LogP) is 2.22. The summed E-state index contributed by atoms with van der Waals surface area (Å²) in [5.41, 5.74) is 4.73. The maximum Gasteiger partial charge on any atom is 0.354 e. The molecule has 0 radical (unpaired) electrons. The third kappa shape index (κ3) is 3.23. The number of hydrogen-bond acceptors (Lipinski definition) is 5. The van der Waals surface area contributed by atoms with Gasteiger partial charge in [0.25, 0.3) is 0 Å². The van der Waals surface area contributed by atoms with Crippen molar-refractivity contribution in [3.63, 3.8) is 0 Å². The number of carbonyl (C=O) groups excluding carboxylic acids is 1. The van der Waals surface area contributed by atoms with E-state index in [-0.39, 0.29) is 5.71 Å². The van der Waals surface area contributed by atoms with Crippen molar-refractivity contribution < 1.29 is 9.53 Å². The molecule has 1 aromatic heterocycles. The Morgan fingerprint density at radius 3 is 2.90 bits per heavy atom. The summed E-state index contributed by atoms with van der Waals surface area (Å²) in [5, 5.41) is 8.21. The highest BCUT2D eigenvalue weighted by Gasteiger charge is 2.07. The van der Waals surface area contributed by atoms with Crippen molar-refractivity contribution in [1.82, 2.24) is 9.78 Å². The van der Waals surface area contributed by atoms with Crippen LogP contribution in [0.2, 0.25) is 0 Å². The number of carbonyl (C=O) groups is 1. The predicted molar refractivity (Wildman–Crippen MR) is 76.9 cm³/mol. The normalized spacial score (nSPS) is 11.2. The zero-order valence-corrected chi connectivity index (χ0v) is 11.4. The summed E-state index contributed by atoms with van der Waals surface area (Å²) in [5.74, 6) is -0.434. The highest BCUT2D eigenvalue weighted by Crippen LogP contribution is 2.18. The van der Waals surface area contributed by atoms with E-state index >= 15 is 0 Å². The molecule has 2 aromatic rings. The molecule has 1 aromatic carbocycles. The van der Waals surface area contributed by atoms with E-state index in [0.717, 1.165) is 11.4 Å². The first kappa shape index (κ1) is 13.8. The molecule has 6 nitrogen and oxygen atoms in total. The highest BCUT2D eigenvalue weighted by molar-refractivity contribution is 6.35. The average molecular weight is 272 g/mol. The van der Waals surface area contributed by atoms with Gasteiger partial charge < -0.3 is 4.74 Å². The lowest BCUT2D eigenvalue weighted by Gasteiger charge is -2.09. The third-order valence-electron chi connectivity index (χ3n) is 2.57. The molecule has 0 saturated carbocycles. The van der Waals surface area contributed by atoms with E-state index in [1.807, 2.05) is 36.5 Å². The second kappa shape index (κ2) is 6.51. The summed E-state index contributed by atoms with van der Waals surface area (Å²) in [7, 11) is 0. The largest absolute Gasteiger partial charge is 0.461 e. The van der Waals surface area contributed by atoms with Crippen LogP contribution in [0, 0.1) is 0 Å². The Bertz CT molecular complexity index is 605. The third-order valence-corrected chi connectivity index (χ3v) is 2.57. The van der Waals surface area contributed by atoms with Crippen molar-refractivity contribution in [3.8, 4) is 5.69 Å². The first-order valence-corrected chi connectivity index (χ1v) is 6.29. The first-order valence-electron chi connectivity index (χ1n) is 6.29. The van der Waals surface area contributed by atoms with Crippen LogP contribution in [0.3, 0.4) is 0 Å². The fraction of sp³-hybridized carbons (Fsp3) is 0.214. The van der Waals surface area contributed by atoms with Gasteiger partial charge in [-0.1, -0.05) is 12.1 Å². The van der Waals surface area contributed by atoms with Gasteiger partial charge in [0.05, 0.1) is 18.0 Å². The van der Waals surface area contributed by atoms with Crippen LogP contribution in [0.4, 0.5) is 5.69 Å². The number of hydrogen-bond donors (Lipinski definition) is 1. The lowest BCUT2D eigenvalue weighted by Crippen LogP contribution is -2.15. The second-order valence-corrected chi connectivity index (χ2v) is 4.00. The molecule has 0 bridgehead atoms. The van der Waals surface area contributed by atoms with Crippen LogP contribution in [0.1, 0.15) is 13.8 Å². The molecular weight excluding hydrogens is 256 g/mol. The van der Waals surface area contributed by atoms with Crippen LogP contribution in [-0.4, -0.2) is 28.1 Å². The van der Waals surface area contributed by atoms with Gasteiger partial charge in [0.15, 0.2) is 0 Å². The van der Waals surface area contributed by atoms with E-state index in [9.17, 15) is 4.79 Å². The summed E-state index contributed by atoms with van der Waals surface area (Å²) >= 11 is 0. The summed E-state index contributed by atoms with van der Waals surface area (Å²) in [4.78, 5) is 11.5. The molecule has 2 rings (SSSR count). The number of nitrogens with zero attached hydrogens (tertiary/aromatic N) is 3. The smallest absolute Gasteiger partial charge is 0.354 e. The van der Waals surface area contributed by atoms with E-state index in [1.165, 1.54) is 0 Å². The molecule has 1 heterocycles. The number of hydrazone groups is 1. The van der Waals surface area contributed by atoms with Gasteiger partial charge in [-0.15, -0.1) is 0 Å². The minimum atomic E-state index is -0.434. The second-order valence-electron chi connectivity index (χ2n) is 4.00. The monoisotopic (exact) mass is 272 g/mol. The fourth-order valence-corrected chi connectivity index (χ4v) is 1.60. The number of para-hydroxylation sites is 2. The number of ether oxygens (including phenoxy) is 1. The van der Waals surface area contributed by atoms with Crippen LogP contribution in [0.5, 0.6) is 0 Å². The molecule has 0 aliphatic rings. The number of aromatic nitrogens is 2. The Morgan fingerprint density at radius 1 is 1.40 bits per heavy atom. The first-order chi connectivity index (χ1) is 9.72. The average Bonchev–Trinajstić information content (AvgIpc) is 2.99. The molecule has 0 unspecified atom stereocenters. The number of anilines is 1. The number of esters is 1. The van der Waals surface area contributed by atoms with Gasteiger partial charge >= 0.3 is 5.97 Å². The van der Waals surface area contributed by atoms with Gasteiger partial charge in [0.1, 0.15) is 5.71 Å². The Morgan fingerprint density at radius 2 is 2.20 bits per heavy atom. The summed E-state index contributed by atoms with van der Waals surface area (Å²) in [6, 6.07) is 9.39. The Balaban J connectivity index is 2.18. The van der Waals surface area contributed by atoms with E-state index in [0.29, 0.717) is 6.61 Å². The van der Waals surface area contributed by atoms with Gasteiger partial charge in [0, 0.05) is 12.4 Å². The van der Waals surface area contributed by atoms with E-state index in [2.05, 4.69) is 15.6 Å². The lowest BCUT2D eigenvalue weighted by molar-refractivity contribution is -0.135. The zero-order valence-electron chi connectivity index (χ0n) is 11.4. The minimum Gasteiger partial charge on any atom is -0.461 e. The lowest BCUT2D eigenvalue weighted by atomic mass is 10.3. The standard InChI is InChI=1S/C14H16N4O2/c1-3-20-14(19)11(2)16-17-12-7-4-5-8-13(12)18-10-6-9-15-18/h4-10,17H,3H2,1-2H3. The topological polar surface area (TPSA) is 68.5 Å². The minimum absolute atomic E-state index is 0.266. The Kier molecular flexibility index (Phi) is 4.49. The SMILES string of the molecule is CCOC(=O)C(C)=NNc1ccccc1-n1cccn1. The zero-order chi connectivity index (χ0) is 14.4. The molecule has 0 amide bonds. The van der Waals surface area contributed by atoms with Crippen LogP contribution in [0.15, 0.2) is 47.8 Å². The van der Waals surface area contributed by atoms with E-state index in [1.54, 1.807) is 24.7 Å². The van der Waals surface area contributed by atoms with Crippen LogP contribution >= 0.6 is 0 Å². The molecule has 104 valence electrons. The molecule has 0 saturated heterocycles. The van der Waals surface area contributed by atoms with Crippen molar-refractivity contribution in [1.29, 1.82) is 0 Å². The van der Waals surface area contributed by atoms with Crippen LogP contribution < -0.4 is 5.43 Å². The summed E-state index contributed by atoms with van der Waals surface area (Å²) < 4.78 is 6.59. The maximum absolute atomic E-state index is 11.5. The van der Waals surface area contributed by atoms with Crippen molar-refractivity contribution in [2.24, 2.45) is 5.10 Å². The number of benzene rings is 1. The van der Waals surface area contributed by atoms with Crippen LogP contribution in [-0.2, 0) is 9.53 Å². The van der Waals surface area contributed by atoms with Crippen LogP contribution in [0.25, 0.3) is 5.69 Å². The molecule has 0 atom stereocenters. The highest BCUT2D eigenvalue weighted by atomic mass is 16.5. The maximum atomic E-state index is 11.5. The van der Waals surface area contributed by atoms with E-state index in [4.69, 9.17) is 4.74 Å². The summed E-state index contributed by atoms with van der Waals surface area (Å²) in [6.07, 6.45) is 3.53. The fourth-order valence-electron chi connectivity index (χ4n) is 1.60. The molecule has 0 aliphatic carbocycles. The molecule has 20 heavy (non-hydrogen) atoms. The number of nitrogens with one attached hydrogen (secondary N) is 1. The van der Waals surface area contributed by atoms with Crippen molar-refractivity contribution in [3.05, 3.63) is 42.7 Å². The van der Waals surface area contributed by atoms with Gasteiger partial charge in [-0.25, -0.2) is 9.48 Å². The van der Waals surface area contributed by atoms with Crippen molar-refractivity contribution in [2.45, 2.75) is 13.8 Å². The van der Waals surface area contributed by atoms with Gasteiger partial charge in [0.2, 0.25) is 0 Å². The van der Waals surface area contributed by atoms with Gasteiger partial charge in [-0.05, 0) is 32.0 Å². The van der Waals surface area contributed by atoms with Gasteiger partial charge in [-0.3, -0.25) is 5.43 Å². The molecule has 0 spiro atoms. The summed E-state index contributed by atoms with van der Waals surface area (Å²) in [6.45, 7) is 3.68.